The number of rotatable bonds is 4. The first-order chi connectivity index (χ1) is 19.1. The Labute approximate surface area is 238 Å². The summed E-state index contributed by atoms with van der Waals surface area (Å²) in [5.41, 5.74) is 1.46. The molecule has 0 spiro atoms. The molecule has 12 nitrogen and oxygen atoms in total. The van der Waals surface area contributed by atoms with Crippen LogP contribution in [-0.2, 0) is 13.5 Å². The van der Waals surface area contributed by atoms with Gasteiger partial charge in [0.25, 0.3) is 17.7 Å². The predicted molar refractivity (Wildman–Crippen MR) is 148 cm³/mol. The van der Waals surface area contributed by atoms with Gasteiger partial charge in [-0.1, -0.05) is 20.3 Å². The van der Waals surface area contributed by atoms with Crippen molar-refractivity contribution in [2.75, 3.05) is 0 Å². The normalized spacial score (nSPS) is 20.7. The summed E-state index contributed by atoms with van der Waals surface area (Å²) in [4.78, 5) is 57.5. The molecule has 5 heterocycles. The van der Waals surface area contributed by atoms with Crippen LogP contribution >= 0.6 is 22.7 Å². The van der Waals surface area contributed by atoms with Crippen LogP contribution in [0.25, 0.3) is 0 Å². The van der Waals surface area contributed by atoms with Crippen molar-refractivity contribution in [2.45, 2.75) is 58.7 Å². The van der Waals surface area contributed by atoms with Crippen LogP contribution in [0, 0.1) is 12.8 Å². The van der Waals surface area contributed by atoms with Gasteiger partial charge in [0.05, 0.1) is 18.4 Å². The van der Waals surface area contributed by atoms with Gasteiger partial charge < -0.3 is 24.9 Å². The third-order valence-electron chi connectivity index (χ3n) is 6.95. The van der Waals surface area contributed by atoms with Crippen molar-refractivity contribution in [1.82, 2.24) is 40.5 Å². The van der Waals surface area contributed by atoms with Gasteiger partial charge >= 0.3 is 0 Å². The third kappa shape index (κ3) is 5.54. The second kappa shape index (κ2) is 11.3. The molecule has 0 unspecified atom stereocenters. The maximum atomic E-state index is 13.4. The van der Waals surface area contributed by atoms with Crippen LogP contribution in [0.1, 0.15) is 104 Å². The topological polar surface area (TPSA) is 157 Å². The average molecular weight is 583 g/mol. The maximum absolute atomic E-state index is 13.4. The number of imidazole rings is 1. The molecule has 14 heteroatoms. The van der Waals surface area contributed by atoms with Gasteiger partial charge in [-0.3, -0.25) is 14.4 Å². The zero-order valence-electron chi connectivity index (χ0n) is 22.7. The highest BCUT2D eigenvalue weighted by molar-refractivity contribution is 7.10. The summed E-state index contributed by atoms with van der Waals surface area (Å²) in [7, 11) is 1.87. The molecule has 0 saturated carbocycles. The number of nitrogens with zero attached hydrogens (tertiary/aromatic N) is 5. The molecule has 3 N–H and O–H groups in total. The standard InChI is InChI=1S/C26H30N8O4S2/c1-6-12(2)19-26-31-18(10-40-26)22(36)29-16(7-15-8-27-11-34(15)5)25-30-17(9-39-25)21(35)28-13(3)24-33-20(14(4)38-24)23(37)32-19/h8-13,16,19H,6-7H2,1-5H3,(H,28,35)(H,29,36)(H,32,37)/t12-,13-,16+,19-/m0/s1. The first-order valence-electron chi connectivity index (χ1n) is 12.9. The number of aryl methyl sites for hydroxylation is 2. The summed E-state index contributed by atoms with van der Waals surface area (Å²) in [6.45, 7) is 7.42. The van der Waals surface area contributed by atoms with Crippen LogP contribution in [-0.4, -0.2) is 42.2 Å². The lowest BCUT2D eigenvalue weighted by atomic mass is 9.99. The largest absolute Gasteiger partial charge is 0.443 e. The Balaban J connectivity index is 1.56. The minimum atomic E-state index is -0.617. The molecule has 0 aliphatic carbocycles. The highest BCUT2D eigenvalue weighted by Crippen LogP contribution is 2.29. The van der Waals surface area contributed by atoms with Crippen LogP contribution in [0.15, 0.2) is 27.7 Å². The molecule has 40 heavy (non-hydrogen) atoms. The zero-order chi connectivity index (χ0) is 28.6. The first kappa shape index (κ1) is 27.6. The van der Waals surface area contributed by atoms with Gasteiger partial charge in [0.2, 0.25) is 5.89 Å². The van der Waals surface area contributed by atoms with E-state index in [4.69, 9.17) is 4.42 Å². The summed E-state index contributed by atoms with van der Waals surface area (Å²) in [5, 5.41) is 13.4. The van der Waals surface area contributed by atoms with Gasteiger partial charge in [-0.15, -0.1) is 22.7 Å². The number of thiazole rings is 2. The molecule has 6 bridgehead atoms. The van der Waals surface area contributed by atoms with Gasteiger partial charge in [-0.25, -0.2) is 19.9 Å². The Morgan fingerprint density at radius 2 is 1.68 bits per heavy atom. The number of hydrogen-bond acceptors (Lipinski definition) is 10. The number of hydrogen-bond donors (Lipinski definition) is 3. The van der Waals surface area contributed by atoms with Crippen LogP contribution in [0.4, 0.5) is 0 Å². The van der Waals surface area contributed by atoms with E-state index in [0.29, 0.717) is 22.2 Å². The van der Waals surface area contributed by atoms with E-state index < -0.39 is 29.9 Å². The summed E-state index contributed by atoms with van der Waals surface area (Å²) in [6.07, 6.45) is 4.60. The van der Waals surface area contributed by atoms with Gasteiger partial charge in [0.15, 0.2) is 5.69 Å². The monoisotopic (exact) mass is 582 g/mol. The highest BCUT2D eigenvalue weighted by Gasteiger charge is 2.30. The molecule has 1 aliphatic heterocycles. The predicted octanol–water partition coefficient (Wildman–Crippen LogP) is 3.66. The van der Waals surface area contributed by atoms with E-state index in [9.17, 15) is 14.4 Å². The first-order valence-corrected chi connectivity index (χ1v) is 14.7. The summed E-state index contributed by atoms with van der Waals surface area (Å²) >= 11 is 2.59. The van der Waals surface area contributed by atoms with Crippen molar-refractivity contribution >= 4 is 40.4 Å². The second-order valence-corrected chi connectivity index (χ2v) is 11.6. The van der Waals surface area contributed by atoms with Crippen molar-refractivity contribution in [2.24, 2.45) is 13.0 Å². The summed E-state index contributed by atoms with van der Waals surface area (Å²) in [6, 6.07) is -1.59. The quantitative estimate of drug-likeness (QED) is 0.329. The van der Waals surface area contributed by atoms with E-state index in [-0.39, 0.29) is 34.8 Å². The average Bonchev–Trinajstić information content (AvgIpc) is 3.73. The number of fused-ring (bicyclic) bond motifs is 6. The van der Waals surface area contributed by atoms with E-state index in [1.54, 1.807) is 37.1 Å². The Hall–Kier alpha value is -3.91. The zero-order valence-corrected chi connectivity index (χ0v) is 24.4. The molecule has 0 fully saturated rings. The Bertz CT molecular complexity index is 1550. The highest BCUT2D eigenvalue weighted by atomic mass is 32.1. The minimum absolute atomic E-state index is 0.0350. The van der Waals surface area contributed by atoms with Crippen molar-refractivity contribution in [1.29, 1.82) is 0 Å². The van der Waals surface area contributed by atoms with Crippen LogP contribution in [0.2, 0.25) is 0 Å². The lowest BCUT2D eigenvalue weighted by Gasteiger charge is -2.22. The van der Waals surface area contributed by atoms with Crippen molar-refractivity contribution < 1.29 is 18.8 Å². The van der Waals surface area contributed by atoms with Crippen molar-refractivity contribution in [3.05, 3.63) is 67.7 Å². The Morgan fingerprint density at radius 3 is 2.35 bits per heavy atom. The molecule has 4 atom stereocenters. The molecule has 0 radical (unpaired) electrons. The Kier molecular flexibility index (Phi) is 7.81. The van der Waals surface area contributed by atoms with Crippen LogP contribution in [0.5, 0.6) is 0 Å². The molecule has 0 aromatic carbocycles. The molecule has 210 valence electrons. The fraction of sp³-hybridized carbons (Fsp3) is 0.423. The van der Waals surface area contributed by atoms with E-state index >= 15 is 0 Å². The summed E-state index contributed by atoms with van der Waals surface area (Å²) < 4.78 is 7.64. The number of carbonyl (C=O) groups excluding carboxylic acids is 3. The van der Waals surface area contributed by atoms with Gasteiger partial charge in [-0.05, 0) is 19.8 Å². The van der Waals surface area contributed by atoms with Crippen LogP contribution < -0.4 is 16.0 Å². The van der Waals surface area contributed by atoms with Gasteiger partial charge in [-0.2, -0.15) is 0 Å². The molecule has 4 aromatic heterocycles. The lowest BCUT2D eigenvalue weighted by molar-refractivity contribution is 0.0914. The van der Waals surface area contributed by atoms with E-state index in [0.717, 1.165) is 12.1 Å². The number of carbonyl (C=O) groups is 3. The summed E-state index contributed by atoms with van der Waals surface area (Å²) in [5.74, 6) is -0.638. The molecular formula is C26H30N8O4S2. The lowest BCUT2D eigenvalue weighted by Crippen LogP contribution is -2.34. The molecule has 0 saturated heterocycles. The molecule has 3 amide bonds. The van der Waals surface area contributed by atoms with E-state index in [2.05, 4.69) is 35.9 Å². The fourth-order valence-corrected chi connectivity index (χ4v) is 6.18. The van der Waals surface area contributed by atoms with Gasteiger partial charge in [0.1, 0.15) is 33.2 Å². The smallest absolute Gasteiger partial charge is 0.274 e. The number of nitrogens with one attached hydrogen (secondary N) is 3. The molecule has 5 rings (SSSR count). The molecule has 1 aliphatic rings. The number of oxazole rings is 1. The second-order valence-electron chi connectivity index (χ2n) is 9.86. The van der Waals surface area contributed by atoms with E-state index in [1.807, 2.05) is 25.5 Å². The Morgan fingerprint density at radius 1 is 1.00 bits per heavy atom. The number of amides is 3. The third-order valence-corrected chi connectivity index (χ3v) is 8.84. The number of aromatic nitrogens is 5. The molecular weight excluding hydrogens is 552 g/mol. The minimum Gasteiger partial charge on any atom is -0.443 e. The van der Waals surface area contributed by atoms with Crippen molar-refractivity contribution in [3.63, 3.8) is 0 Å². The van der Waals surface area contributed by atoms with Crippen LogP contribution in [0.3, 0.4) is 0 Å². The van der Waals surface area contributed by atoms with Gasteiger partial charge in [0, 0.05) is 36.1 Å². The SMILES string of the molecule is CC[C@H](C)[C@@H]1NC(=O)c2nc(oc2C)[C@H](C)NC(=O)c2csc(n2)[C@@H](Cc2cncn2C)NC(=O)c2csc1n2. The van der Waals surface area contributed by atoms with E-state index in [1.165, 1.54) is 22.7 Å². The fourth-order valence-electron chi connectivity index (χ4n) is 4.35. The molecule has 4 aromatic rings. The maximum Gasteiger partial charge on any atom is 0.274 e. The van der Waals surface area contributed by atoms with Crippen molar-refractivity contribution in [3.8, 4) is 0 Å².